The standard InChI is InChI=1S/C12H24N2O4/c1-3-10(8-11(15)16)9-14-12(17)13-6-5-7-18-4-2/h10H,3-9H2,1-2H3,(H,15,16)(H2,13,14,17). The van der Waals surface area contributed by atoms with Crippen molar-refractivity contribution in [2.75, 3.05) is 26.3 Å². The van der Waals surface area contributed by atoms with E-state index in [1.807, 2.05) is 13.8 Å². The number of carbonyl (C=O) groups is 2. The van der Waals surface area contributed by atoms with Crippen molar-refractivity contribution in [1.82, 2.24) is 10.6 Å². The van der Waals surface area contributed by atoms with E-state index in [2.05, 4.69) is 10.6 Å². The van der Waals surface area contributed by atoms with E-state index in [1.54, 1.807) is 0 Å². The highest BCUT2D eigenvalue weighted by molar-refractivity contribution is 5.74. The van der Waals surface area contributed by atoms with Gasteiger partial charge in [-0.05, 0) is 19.3 Å². The SMILES string of the molecule is CCOCCCNC(=O)NCC(CC)CC(=O)O. The number of carboxylic acid groups (broad SMARTS) is 1. The Labute approximate surface area is 108 Å². The molecule has 0 aliphatic rings. The van der Waals surface area contributed by atoms with Crippen LogP contribution in [-0.4, -0.2) is 43.4 Å². The van der Waals surface area contributed by atoms with Gasteiger partial charge in [-0.3, -0.25) is 4.79 Å². The molecule has 0 aromatic rings. The number of amides is 2. The summed E-state index contributed by atoms with van der Waals surface area (Å²) in [6.45, 7) is 6.09. The van der Waals surface area contributed by atoms with Crippen LogP contribution in [0.3, 0.4) is 0 Å². The molecule has 0 radical (unpaired) electrons. The Morgan fingerprint density at radius 1 is 1.28 bits per heavy atom. The Kier molecular flexibility index (Phi) is 10.0. The average Bonchev–Trinajstić information content (AvgIpc) is 2.33. The smallest absolute Gasteiger partial charge is 0.314 e. The predicted molar refractivity (Wildman–Crippen MR) is 68.5 cm³/mol. The van der Waals surface area contributed by atoms with Crippen LogP contribution in [0.1, 0.15) is 33.1 Å². The van der Waals surface area contributed by atoms with Crippen LogP contribution in [0.5, 0.6) is 0 Å². The number of nitrogens with one attached hydrogen (secondary N) is 2. The number of carbonyl (C=O) groups excluding carboxylic acids is 1. The van der Waals surface area contributed by atoms with E-state index < -0.39 is 5.97 Å². The summed E-state index contributed by atoms with van der Waals surface area (Å²) in [6.07, 6.45) is 1.59. The lowest BCUT2D eigenvalue weighted by Crippen LogP contribution is -2.39. The molecular weight excluding hydrogens is 236 g/mol. The first-order valence-electron chi connectivity index (χ1n) is 6.41. The first-order valence-corrected chi connectivity index (χ1v) is 6.41. The average molecular weight is 260 g/mol. The van der Waals surface area contributed by atoms with Crippen LogP contribution in [0, 0.1) is 5.92 Å². The van der Waals surface area contributed by atoms with Crippen molar-refractivity contribution in [3.63, 3.8) is 0 Å². The second-order valence-electron chi connectivity index (χ2n) is 4.06. The number of carboxylic acids is 1. The molecule has 0 fully saturated rings. The summed E-state index contributed by atoms with van der Waals surface area (Å²) in [5.41, 5.74) is 0. The molecule has 3 N–H and O–H groups in total. The minimum Gasteiger partial charge on any atom is -0.481 e. The molecule has 1 unspecified atom stereocenters. The summed E-state index contributed by atoms with van der Waals surface area (Å²) >= 11 is 0. The number of hydrogen-bond acceptors (Lipinski definition) is 3. The van der Waals surface area contributed by atoms with Crippen molar-refractivity contribution < 1.29 is 19.4 Å². The summed E-state index contributed by atoms with van der Waals surface area (Å²) in [7, 11) is 0. The van der Waals surface area contributed by atoms with Crippen LogP contribution in [-0.2, 0) is 9.53 Å². The molecule has 18 heavy (non-hydrogen) atoms. The molecule has 0 aromatic heterocycles. The second kappa shape index (κ2) is 10.8. The molecule has 106 valence electrons. The van der Waals surface area contributed by atoms with Crippen LogP contribution in [0.25, 0.3) is 0 Å². The van der Waals surface area contributed by atoms with Gasteiger partial charge in [0, 0.05) is 32.7 Å². The maximum atomic E-state index is 11.4. The zero-order chi connectivity index (χ0) is 13.8. The molecule has 0 spiro atoms. The molecule has 0 saturated carbocycles. The highest BCUT2D eigenvalue weighted by Gasteiger charge is 2.12. The topological polar surface area (TPSA) is 87.7 Å². The maximum absolute atomic E-state index is 11.4. The zero-order valence-electron chi connectivity index (χ0n) is 11.2. The Balaban J connectivity index is 3.58. The maximum Gasteiger partial charge on any atom is 0.314 e. The van der Waals surface area contributed by atoms with Crippen molar-refractivity contribution in [2.24, 2.45) is 5.92 Å². The number of urea groups is 1. The van der Waals surface area contributed by atoms with Crippen molar-refractivity contribution in [2.45, 2.75) is 33.1 Å². The largest absolute Gasteiger partial charge is 0.481 e. The van der Waals surface area contributed by atoms with Gasteiger partial charge in [0.2, 0.25) is 0 Å². The first-order chi connectivity index (χ1) is 8.60. The van der Waals surface area contributed by atoms with E-state index >= 15 is 0 Å². The fraction of sp³-hybridized carbons (Fsp3) is 0.833. The van der Waals surface area contributed by atoms with E-state index in [4.69, 9.17) is 9.84 Å². The Hall–Kier alpha value is -1.30. The lowest BCUT2D eigenvalue weighted by molar-refractivity contribution is -0.138. The molecule has 0 aliphatic carbocycles. The van der Waals surface area contributed by atoms with Crippen LogP contribution < -0.4 is 10.6 Å². The Morgan fingerprint density at radius 3 is 2.56 bits per heavy atom. The van der Waals surface area contributed by atoms with Gasteiger partial charge >= 0.3 is 12.0 Å². The third-order valence-electron chi connectivity index (χ3n) is 2.55. The summed E-state index contributed by atoms with van der Waals surface area (Å²) in [5, 5.41) is 14.0. The quantitative estimate of drug-likeness (QED) is 0.515. The van der Waals surface area contributed by atoms with Crippen molar-refractivity contribution in [3.05, 3.63) is 0 Å². The van der Waals surface area contributed by atoms with Crippen molar-refractivity contribution in [1.29, 1.82) is 0 Å². The number of hydrogen-bond donors (Lipinski definition) is 3. The lowest BCUT2D eigenvalue weighted by atomic mass is 10.0. The molecule has 0 saturated heterocycles. The number of aliphatic carboxylic acids is 1. The molecule has 0 heterocycles. The van der Waals surface area contributed by atoms with Gasteiger partial charge in [-0.2, -0.15) is 0 Å². The highest BCUT2D eigenvalue weighted by atomic mass is 16.5. The second-order valence-corrected chi connectivity index (χ2v) is 4.06. The molecule has 0 rings (SSSR count). The van der Waals surface area contributed by atoms with Gasteiger partial charge in [0.05, 0.1) is 0 Å². The molecular formula is C12H24N2O4. The van der Waals surface area contributed by atoms with Gasteiger partial charge in [0.25, 0.3) is 0 Å². The van der Waals surface area contributed by atoms with E-state index in [0.29, 0.717) is 26.3 Å². The van der Waals surface area contributed by atoms with Gasteiger partial charge in [-0.1, -0.05) is 13.3 Å². The molecule has 6 heteroatoms. The molecule has 6 nitrogen and oxygen atoms in total. The summed E-state index contributed by atoms with van der Waals surface area (Å²) < 4.78 is 5.14. The monoisotopic (exact) mass is 260 g/mol. The van der Waals surface area contributed by atoms with E-state index in [1.165, 1.54) is 0 Å². The van der Waals surface area contributed by atoms with Gasteiger partial charge in [0.1, 0.15) is 0 Å². The summed E-state index contributed by atoms with van der Waals surface area (Å²) in [4.78, 5) is 21.9. The van der Waals surface area contributed by atoms with Crippen molar-refractivity contribution >= 4 is 12.0 Å². The summed E-state index contributed by atoms with van der Waals surface area (Å²) in [6, 6.07) is -0.254. The molecule has 0 aliphatic heterocycles. The molecule has 0 aromatic carbocycles. The normalized spacial score (nSPS) is 11.9. The van der Waals surface area contributed by atoms with E-state index in [0.717, 1.165) is 12.8 Å². The van der Waals surface area contributed by atoms with Crippen molar-refractivity contribution in [3.8, 4) is 0 Å². The number of rotatable bonds is 10. The van der Waals surface area contributed by atoms with Crippen LogP contribution in [0.2, 0.25) is 0 Å². The minimum atomic E-state index is -0.833. The van der Waals surface area contributed by atoms with Crippen LogP contribution in [0.4, 0.5) is 4.79 Å². The third kappa shape index (κ3) is 9.89. The van der Waals surface area contributed by atoms with Crippen LogP contribution >= 0.6 is 0 Å². The fourth-order valence-corrected chi connectivity index (χ4v) is 1.43. The first kappa shape index (κ1) is 16.7. The van der Waals surface area contributed by atoms with Crippen LogP contribution in [0.15, 0.2) is 0 Å². The van der Waals surface area contributed by atoms with Gasteiger partial charge in [0.15, 0.2) is 0 Å². The minimum absolute atomic E-state index is 0.0170. The highest BCUT2D eigenvalue weighted by Crippen LogP contribution is 2.06. The van der Waals surface area contributed by atoms with E-state index in [9.17, 15) is 9.59 Å². The molecule has 1 atom stereocenters. The van der Waals surface area contributed by atoms with Gasteiger partial charge in [-0.15, -0.1) is 0 Å². The lowest BCUT2D eigenvalue weighted by Gasteiger charge is -2.14. The van der Waals surface area contributed by atoms with Gasteiger partial charge in [-0.25, -0.2) is 4.79 Å². The predicted octanol–water partition coefficient (Wildman–Crippen LogP) is 1.21. The fourth-order valence-electron chi connectivity index (χ4n) is 1.43. The zero-order valence-corrected chi connectivity index (χ0v) is 11.2. The third-order valence-corrected chi connectivity index (χ3v) is 2.55. The Bertz CT molecular complexity index is 246. The Morgan fingerprint density at radius 2 is 2.00 bits per heavy atom. The summed E-state index contributed by atoms with van der Waals surface area (Å²) in [5.74, 6) is -0.850. The van der Waals surface area contributed by atoms with E-state index in [-0.39, 0.29) is 18.4 Å². The van der Waals surface area contributed by atoms with Gasteiger partial charge < -0.3 is 20.5 Å². The molecule has 2 amide bonds. The molecule has 0 bridgehead atoms. The number of ether oxygens (including phenoxy) is 1.